The van der Waals surface area contributed by atoms with Gasteiger partial charge < -0.3 is 5.73 Å². The lowest BCUT2D eigenvalue weighted by atomic mass is 10.0. The first-order valence-electron chi connectivity index (χ1n) is 6.77. The summed E-state index contributed by atoms with van der Waals surface area (Å²) >= 11 is 1.57. The number of nitrogens with zero attached hydrogens (tertiary/aromatic N) is 1. The molecule has 7 heteroatoms. The van der Waals surface area contributed by atoms with E-state index in [0.29, 0.717) is 0 Å². The van der Waals surface area contributed by atoms with E-state index in [9.17, 15) is 8.42 Å². The van der Waals surface area contributed by atoms with Crippen LogP contribution in [0, 0.1) is 0 Å². The van der Waals surface area contributed by atoms with Crippen LogP contribution in [0.4, 0.5) is 0 Å². The number of rotatable bonds is 3. The molecule has 2 aromatic rings. The average Bonchev–Trinajstić information content (AvgIpc) is 3.07. The number of thiazole rings is 1. The van der Waals surface area contributed by atoms with Crippen LogP contribution in [0.1, 0.15) is 30.7 Å². The maximum Gasteiger partial charge on any atom is 0.238 e. The monoisotopic (exact) mass is 323 g/mol. The largest absolute Gasteiger partial charge is 0.319 e. The summed E-state index contributed by atoms with van der Waals surface area (Å²) in [4.78, 5) is 4.74. The van der Waals surface area contributed by atoms with Gasteiger partial charge >= 0.3 is 0 Å². The second-order valence-electron chi connectivity index (χ2n) is 5.47. The molecule has 4 N–H and O–H groups in total. The molecule has 21 heavy (non-hydrogen) atoms. The minimum Gasteiger partial charge on any atom is -0.319 e. The highest BCUT2D eigenvalue weighted by Crippen LogP contribution is 2.38. The zero-order valence-electron chi connectivity index (χ0n) is 11.5. The summed E-state index contributed by atoms with van der Waals surface area (Å²) in [5, 5.41) is 8.02. The maximum absolute atomic E-state index is 11.2. The number of hydrogen-bond donors (Lipinski definition) is 2. The molecule has 0 spiro atoms. The molecular formula is C14H17N3O2S2. The van der Waals surface area contributed by atoms with Gasteiger partial charge in [0, 0.05) is 10.9 Å². The second-order valence-corrected chi connectivity index (χ2v) is 7.89. The van der Waals surface area contributed by atoms with Crippen LogP contribution in [0.5, 0.6) is 0 Å². The molecule has 1 aromatic heterocycles. The van der Waals surface area contributed by atoms with E-state index in [-0.39, 0.29) is 10.4 Å². The first-order valence-corrected chi connectivity index (χ1v) is 9.19. The fraction of sp³-hybridized carbons (Fsp3) is 0.357. The molecular weight excluding hydrogens is 306 g/mol. The zero-order chi connectivity index (χ0) is 15.1. The quantitative estimate of drug-likeness (QED) is 0.904. The summed E-state index contributed by atoms with van der Waals surface area (Å²) in [5.41, 5.74) is 7.81. The molecule has 1 saturated carbocycles. The van der Waals surface area contributed by atoms with Gasteiger partial charge in [-0.2, -0.15) is 0 Å². The van der Waals surface area contributed by atoms with Crippen molar-refractivity contribution < 1.29 is 8.42 Å². The highest BCUT2D eigenvalue weighted by molar-refractivity contribution is 7.89. The zero-order valence-corrected chi connectivity index (χ0v) is 13.1. The van der Waals surface area contributed by atoms with Gasteiger partial charge in [0.25, 0.3) is 0 Å². The Morgan fingerprint density at radius 1 is 1.14 bits per heavy atom. The van der Waals surface area contributed by atoms with Crippen LogP contribution in [0.2, 0.25) is 0 Å². The molecule has 1 fully saturated rings. The number of nitrogens with two attached hydrogens (primary N) is 2. The Kier molecular flexibility index (Phi) is 3.61. The van der Waals surface area contributed by atoms with Gasteiger partial charge in [0.2, 0.25) is 10.0 Å². The van der Waals surface area contributed by atoms with Crippen LogP contribution in [0.25, 0.3) is 11.3 Å². The highest BCUT2D eigenvalue weighted by atomic mass is 32.2. The van der Waals surface area contributed by atoms with E-state index in [0.717, 1.165) is 41.9 Å². The van der Waals surface area contributed by atoms with Gasteiger partial charge in [-0.25, -0.2) is 18.5 Å². The molecule has 0 radical (unpaired) electrons. The van der Waals surface area contributed by atoms with Crippen LogP contribution in [-0.2, 0) is 15.6 Å². The predicted molar refractivity (Wildman–Crippen MR) is 83.3 cm³/mol. The second kappa shape index (κ2) is 5.17. The van der Waals surface area contributed by atoms with Crippen LogP contribution >= 0.6 is 11.3 Å². The molecule has 3 rings (SSSR count). The van der Waals surface area contributed by atoms with Gasteiger partial charge in [-0.05, 0) is 25.0 Å². The SMILES string of the molecule is NC1(c2nc(-c3ccc(S(N)(=O)=O)cc3)cs2)CCCC1. The lowest BCUT2D eigenvalue weighted by molar-refractivity contribution is 0.459. The highest BCUT2D eigenvalue weighted by Gasteiger charge is 2.34. The molecule has 0 amide bonds. The Balaban J connectivity index is 1.90. The minimum absolute atomic E-state index is 0.104. The Morgan fingerprint density at radius 3 is 2.33 bits per heavy atom. The first kappa shape index (κ1) is 14.6. The van der Waals surface area contributed by atoms with Crippen LogP contribution in [-0.4, -0.2) is 13.4 Å². The summed E-state index contributed by atoms with van der Waals surface area (Å²) in [7, 11) is -3.66. The fourth-order valence-corrected chi connectivity index (χ4v) is 4.19. The lowest BCUT2D eigenvalue weighted by Gasteiger charge is -2.19. The molecule has 0 bridgehead atoms. The molecule has 0 aliphatic heterocycles. The van der Waals surface area contributed by atoms with E-state index in [1.807, 2.05) is 5.38 Å². The van der Waals surface area contributed by atoms with Crippen LogP contribution in [0.15, 0.2) is 34.5 Å². The normalized spacial score (nSPS) is 18.0. The van der Waals surface area contributed by atoms with Crippen molar-refractivity contribution in [1.29, 1.82) is 0 Å². The van der Waals surface area contributed by atoms with E-state index in [1.165, 1.54) is 12.1 Å². The molecule has 0 atom stereocenters. The van der Waals surface area contributed by atoms with Gasteiger partial charge in [-0.3, -0.25) is 0 Å². The number of sulfonamides is 1. The van der Waals surface area contributed by atoms with Crippen LogP contribution < -0.4 is 10.9 Å². The Bertz CT molecular complexity index is 745. The maximum atomic E-state index is 11.2. The standard InChI is InChI=1S/C14H17N3O2S2/c15-14(7-1-2-8-14)13-17-12(9-20-13)10-3-5-11(6-4-10)21(16,18)19/h3-6,9H,1-2,7-8,15H2,(H2,16,18,19). The van der Waals surface area contributed by atoms with Gasteiger partial charge in [-0.15, -0.1) is 11.3 Å². The number of primary sulfonamides is 1. The molecule has 1 aliphatic carbocycles. The summed E-state index contributed by atoms with van der Waals surface area (Å²) < 4.78 is 22.5. The Hall–Kier alpha value is -1.28. The van der Waals surface area contributed by atoms with Crippen molar-refractivity contribution in [2.45, 2.75) is 36.1 Å². The van der Waals surface area contributed by atoms with Crippen molar-refractivity contribution in [3.8, 4) is 11.3 Å². The van der Waals surface area contributed by atoms with Gasteiger partial charge in [0.05, 0.1) is 16.1 Å². The van der Waals surface area contributed by atoms with Crippen molar-refractivity contribution in [3.63, 3.8) is 0 Å². The average molecular weight is 323 g/mol. The van der Waals surface area contributed by atoms with Crippen molar-refractivity contribution in [3.05, 3.63) is 34.7 Å². The van der Waals surface area contributed by atoms with Crippen LogP contribution in [0.3, 0.4) is 0 Å². The minimum atomic E-state index is -3.66. The number of hydrogen-bond acceptors (Lipinski definition) is 5. The molecule has 0 unspecified atom stereocenters. The third-order valence-corrected chi connectivity index (χ3v) is 5.90. The van der Waals surface area contributed by atoms with Gasteiger partial charge in [0.1, 0.15) is 5.01 Å². The molecule has 1 heterocycles. The third kappa shape index (κ3) is 2.87. The fourth-order valence-electron chi connectivity index (χ4n) is 2.67. The smallest absolute Gasteiger partial charge is 0.238 e. The summed E-state index contributed by atoms with van der Waals surface area (Å²) in [6.07, 6.45) is 4.25. The first-order chi connectivity index (χ1) is 9.88. The molecule has 112 valence electrons. The Labute approximate surface area is 128 Å². The third-order valence-electron chi connectivity index (χ3n) is 3.90. The van der Waals surface area contributed by atoms with Gasteiger partial charge in [0.15, 0.2) is 0 Å². The molecule has 1 aliphatic rings. The molecule has 0 saturated heterocycles. The van der Waals surface area contributed by atoms with E-state index in [1.54, 1.807) is 23.5 Å². The summed E-state index contributed by atoms with van der Waals surface area (Å²) in [6.45, 7) is 0. The summed E-state index contributed by atoms with van der Waals surface area (Å²) in [5.74, 6) is 0. The van der Waals surface area contributed by atoms with E-state index < -0.39 is 10.0 Å². The van der Waals surface area contributed by atoms with Gasteiger partial charge in [-0.1, -0.05) is 25.0 Å². The number of aromatic nitrogens is 1. The summed E-state index contributed by atoms with van der Waals surface area (Å²) in [6, 6.07) is 6.43. The van der Waals surface area contributed by atoms with E-state index in [4.69, 9.17) is 10.9 Å². The molecule has 5 nitrogen and oxygen atoms in total. The van der Waals surface area contributed by atoms with Crippen molar-refractivity contribution in [2.75, 3.05) is 0 Å². The topological polar surface area (TPSA) is 99.1 Å². The van der Waals surface area contributed by atoms with E-state index in [2.05, 4.69) is 4.98 Å². The number of benzene rings is 1. The van der Waals surface area contributed by atoms with E-state index >= 15 is 0 Å². The van der Waals surface area contributed by atoms with Crippen molar-refractivity contribution >= 4 is 21.4 Å². The molecule has 1 aromatic carbocycles. The Morgan fingerprint density at radius 2 is 1.76 bits per heavy atom. The van der Waals surface area contributed by atoms with Crippen molar-refractivity contribution in [2.24, 2.45) is 10.9 Å². The predicted octanol–water partition coefficient (Wildman–Crippen LogP) is 2.19. The lowest BCUT2D eigenvalue weighted by Crippen LogP contribution is -2.32. The van der Waals surface area contributed by atoms with Crippen molar-refractivity contribution in [1.82, 2.24) is 4.98 Å².